The number of amides is 2. The van der Waals surface area contributed by atoms with Crippen molar-refractivity contribution in [3.05, 3.63) is 39.5 Å². The van der Waals surface area contributed by atoms with Gasteiger partial charge in [0.25, 0.3) is 11.8 Å². The second-order valence-electron chi connectivity index (χ2n) is 9.14. The molecule has 2 aromatic heterocycles. The Kier molecular flexibility index (Phi) is 8.31. The Bertz CT molecular complexity index is 1380. The first-order chi connectivity index (χ1) is 18.5. The number of nitrogens with one attached hydrogen (secondary N) is 1. The van der Waals surface area contributed by atoms with Gasteiger partial charge in [0.1, 0.15) is 22.8 Å². The number of aromatic nitrogens is 3. The van der Waals surface area contributed by atoms with Crippen LogP contribution >= 0.6 is 34.6 Å². The molecule has 14 nitrogen and oxygen atoms in total. The van der Waals surface area contributed by atoms with Crippen molar-refractivity contribution in [2.45, 2.75) is 32.2 Å². The number of β-lactam (4-membered cyclic amide) rings is 1. The van der Waals surface area contributed by atoms with Crippen molar-refractivity contribution in [3.63, 3.8) is 0 Å². The summed E-state index contributed by atoms with van der Waals surface area (Å²) >= 11 is 3.51. The fourth-order valence-electron chi connectivity index (χ4n) is 3.43. The fourth-order valence-corrected chi connectivity index (χ4v) is 5.71. The second kappa shape index (κ2) is 11.5. The van der Waals surface area contributed by atoms with Crippen LogP contribution < -0.4 is 11.1 Å². The molecule has 39 heavy (non-hydrogen) atoms. The molecule has 2 aliphatic rings. The minimum Gasteiger partial charge on any atom is -0.427 e. The summed E-state index contributed by atoms with van der Waals surface area (Å²) in [7, 11) is 0. The molecule has 2 amide bonds. The third kappa shape index (κ3) is 6.10. The molecule has 1 unspecified atom stereocenters. The molecule has 0 aliphatic carbocycles. The SMILES string of the molecule is CC(C)(C)C(=O)OCOC(=O)C1=C(/C=C/c2cnns2)CS[C@H]2C(NC(=O)/C(=N\O)c3csc(N)n3)C(=O)N12. The number of thioether (sulfide) groups is 1. The van der Waals surface area contributed by atoms with Gasteiger partial charge in [0, 0.05) is 11.1 Å². The molecule has 4 heterocycles. The summed E-state index contributed by atoms with van der Waals surface area (Å²) in [5.41, 5.74) is 4.87. The van der Waals surface area contributed by atoms with Crippen LogP contribution in [-0.2, 0) is 28.7 Å². The van der Waals surface area contributed by atoms with Crippen molar-refractivity contribution >= 4 is 75.3 Å². The number of nitrogens with zero attached hydrogens (tertiary/aromatic N) is 5. The van der Waals surface area contributed by atoms with Crippen LogP contribution in [0.15, 0.2) is 34.1 Å². The molecule has 0 saturated carbocycles. The van der Waals surface area contributed by atoms with Gasteiger partial charge in [0.05, 0.1) is 16.5 Å². The van der Waals surface area contributed by atoms with Gasteiger partial charge >= 0.3 is 11.9 Å². The van der Waals surface area contributed by atoms with E-state index in [0.29, 0.717) is 11.3 Å². The van der Waals surface area contributed by atoms with Gasteiger partial charge < -0.3 is 25.7 Å². The maximum Gasteiger partial charge on any atom is 0.358 e. The number of hydrogen-bond acceptors (Lipinski definition) is 15. The maximum absolute atomic E-state index is 13.2. The lowest BCUT2D eigenvalue weighted by Crippen LogP contribution is -2.71. The maximum atomic E-state index is 13.2. The smallest absolute Gasteiger partial charge is 0.358 e. The quantitative estimate of drug-likeness (QED) is 0.0988. The fraction of sp³-hybridized carbons (Fsp3) is 0.364. The van der Waals surface area contributed by atoms with Gasteiger partial charge in [-0.2, -0.15) is 0 Å². The van der Waals surface area contributed by atoms with Crippen LogP contribution in [0.5, 0.6) is 0 Å². The van der Waals surface area contributed by atoms with Crippen molar-refractivity contribution in [3.8, 4) is 0 Å². The van der Waals surface area contributed by atoms with E-state index in [4.69, 9.17) is 15.2 Å². The van der Waals surface area contributed by atoms with Crippen LogP contribution in [0.3, 0.4) is 0 Å². The molecule has 206 valence electrons. The van der Waals surface area contributed by atoms with E-state index in [1.54, 1.807) is 39.1 Å². The molecule has 0 bridgehead atoms. The minimum atomic E-state index is -1.02. The van der Waals surface area contributed by atoms with E-state index in [2.05, 4.69) is 25.0 Å². The van der Waals surface area contributed by atoms with Crippen molar-refractivity contribution in [2.24, 2.45) is 10.6 Å². The second-order valence-corrected chi connectivity index (χ2v) is 12.0. The van der Waals surface area contributed by atoms with Crippen LogP contribution in [0.1, 0.15) is 31.3 Å². The molecule has 2 aromatic rings. The molecule has 0 aromatic carbocycles. The van der Waals surface area contributed by atoms with E-state index in [1.165, 1.54) is 22.0 Å². The van der Waals surface area contributed by atoms with Crippen LogP contribution in [0.4, 0.5) is 5.13 Å². The van der Waals surface area contributed by atoms with Crippen molar-refractivity contribution in [2.75, 3.05) is 18.3 Å². The van der Waals surface area contributed by atoms with E-state index >= 15 is 0 Å². The zero-order valence-electron chi connectivity index (χ0n) is 20.8. The zero-order valence-corrected chi connectivity index (χ0v) is 23.3. The summed E-state index contributed by atoms with van der Waals surface area (Å²) in [4.78, 5) is 57.0. The van der Waals surface area contributed by atoms with Gasteiger partial charge in [-0.1, -0.05) is 15.7 Å². The number of thiazole rings is 1. The van der Waals surface area contributed by atoms with Gasteiger partial charge in [-0.25, -0.2) is 9.78 Å². The number of oxime groups is 1. The Morgan fingerprint density at radius 2 is 2.08 bits per heavy atom. The lowest BCUT2D eigenvalue weighted by atomic mass is 9.98. The summed E-state index contributed by atoms with van der Waals surface area (Å²) in [6.45, 7) is 4.33. The summed E-state index contributed by atoms with van der Waals surface area (Å²) in [5, 5.41) is 19.6. The zero-order chi connectivity index (χ0) is 28.3. The van der Waals surface area contributed by atoms with Crippen LogP contribution in [0.2, 0.25) is 0 Å². The molecule has 1 fully saturated rings. The average Bonchev–Trinajstić information content (AvgIpc) is 3.57. The lowest BCUT2D eigenvalue weighted by molar-refractivity contribution is -0.173. The van der Waals surface area contributed by atoms with Gasteiger partial charge in [-0.15, -0.1) is 28.2 Å². The number of fused-ring (bicyclic) bond motifs is 1. The summed E-state index contributed by atoms with van der Waals surface area (Å²) < 4.78 is 14.0. The standard InChI is InChI=1S/C22H23N7O7S3/c1-22(2,3)20(33)36-9-35-19(32)15-10(4-5-11-6-24-28-39-11)7-37-18-14(17(31)29(15)18)26-16(30)13(27-34)12-8-38-21(23)25-12/h4-6,8,14,18,34H,7,9H2,1-3H3,(H2,23,25)(H,26,30)/b5-4+,27-13-/t14?,18-/m0/s1. The lowest BCUT2D eigenvalue weighted by Gasteiger charge is -2.49. The number of carbonyl (C=O) groups excluding carboxylic acids is 4. The third-order valence-electron chi connectivity index (χ3n) is 5.38. The number of carbonyl (C=O) groups is 4. The number of hydrogen-bond donors (Lipinski definition) is 3. The van der Waals surface area contributed by atoms with Crippen LogP contribution in [-0.4, -0.2) is 78.1 Å². The average molecular weight is 594 g/mol. The van der Waals surface area contributed by atoms with Crippen LogP contribution in [0.25, 0.3) is 6.08 Å². The number of anilines is 1. The predicted molar refractivity (Wildman–Crippen MR) is 142 cm³/mol. The monoisotopic (exact) mass is 593 g/mol. The molecule has 0 radical (unpaired) electrons. The highest BCUT2D eigenvalue weighted by atomic mass is 32.2. The van der Waals surface area contributed by atoms with Gasteiger partial charge in [0.2, 0.25) is 6.79 Å². The van der Waals surface area contributed by atoms with Crippen molar-refractivity contribution in [1.82, 2.24) is 24.8 Å². The highest BCUT2D eigenvalue weighted by Crippen LogP contribution is 2.41. The Balaban J connectivity index is 1.52. The van der Waals surface area contributed by atoms with Gasteiger partial charge in [-0.3, -0.25) is 19.3 Å². The van der Waals surface area contributed by atoms with Crippen molar-refractivity contribution in [1.29, 1.82) is 0 Å². The molecule has 0 spiro atoms. The molecule has 2 aliphatic heterocycles. The minimum absolute atomic E-state index is 0.0434. The molecule has 4 rings (SSSR count). The first-order valence-electron chi connectivity index (χ1n) is 11.2. The highest BCUT2D eigenvalue weighted by molar-refractivity contribution is 8.00. The Morgan fingerprint density at radius 1 is 1.31 bits per heavy atom. The normalized spacial score (nSPS) is 19.5. The molecular formula is C22H23N7O7S3. The Hall–Kier alpha value is -3.83. The number of rotatable bonds is 8. The summed E-state index contributed by atoms with van der Waals surface area (Å²) in [6, 6.07) is -1.02. The van der Waals surface area contributed by atoms with E-state index < -0.39 is 53.1 Å². The van der Waals surface area contributed by atoms with Gasteiger partial charge in [0.15, 0.2) is 10.8 Å². The van der Waals surface area contributed by atoms with E-state index in [1.807, 2.05) is 0 Å². The first kappa shape index (κ1) is 28.2. The molecule has 4 N–H and O–H groups in total. The number of esters is 2. The highest BCUT2D eigenvalue weighted by Gasteiger charge is 2.54. The predicted octanol–water partition coefficient (Wildman–Crippen LogP) is 1.21. The third-order valence-corrected chi connectivity index (χ3v) is 7.98. The van der Waals surface area contributed by atoms with E-state index in [0.717, 1.165) is 27.7 Å². The van der Waals surface area contributed by atoms with Crippen LogP contribution in [0, 0.1) is 5.41 Å². The number of nitrogen functional groups attached to an aromatic ring is 1. The number of nitrogens with two attached hydrogens (primary N) is 1. The number of allylic oxidation sites excluding steroid dienone is 1. The van der Waals surface area contributed by atoms with E-state index in [9.17, 15) is 24.4 Å². The Morgan fingerprint density at radius 3 is 2.69 bits per heavy atom. The Labute approximate surface area is 234 Å². The van der Waals surface area contributed by atoms with Crippen molar-refractivity contribution < 1.29 is 33.9 Å². The summed E-state index contributed by atoms with van der Waals surface area (Å²) in [5.74, 6) is -2.58. The molecule has 1 saturated heterocycles. The topological polar surface area (TPSA) is 199 Å². The molecular weight excluding hydrogens is 570 g/mol. The molecule has 17 heteroatoms. The largest absolute Gasteiger partial charge is 0.427 e. The molecule has 2 atom stereocenters. The number of ether oxygens (including phenoxy) is 2. The summed E-state index contributed by atoms with van der Waals surface area (Å²) in [6.07, 6.45) is 4.89. The van der Waals surface area contributed by atoms with Gasteiger partial charge in [-0.05, 0) is 44.0 Å². The first-order valence-corrected chi connectivity index (χ1v) is 13.9. The van der Waals surface area contributed by atoms with E-state index in [-0.39, 0.29) is 16.5 Å².